The molecular weight excluding hydrogens is 482 g/mol. The second-order valence-electron chi connectivity index (χ2n) is 7.04. The van der Waals surface area contributed by atoms with Crippen LogP contribution in [0.4, 0.5) is 11.5 Å². The molecule has 0 unspecified atom stereocenters. The molecule has 0 saturated heterocycles. The molecule has 1 N–H and O–H groups in total. The van der Waals surface area contributed by atoms with E-state index in [2.05, 4.69) is 15.4 Å². The van der Waals surface area contributed by atoms with E-state index in [4.69, 9.17) is 21.1 Å². The highest BCUT2D eigenvalue weighted by Gasteiger charge is 2.23. The van der Waals surface area contributed by atoms with E-state index in [-0.39, 0.29) is 16.3 Å². The number of hydrogen-bond donors (Lipinski definition) is 1. The molecule has 12 heteroatoms. The Kier molecular flexibility index (Phi) is 6.48. The molecule has 174 valence electrons. The summed E-state index contributed by atoms with van der Waals surface area (Å²) in [4.78, 5) is 28.2. The zero-order valence-corrected chi connectivity index (χ0v) is 19.8. The third kappa shape index (κ3) is 4.56. The zero-order chi connectivity index (χ0) is 24.4. The molecular formula is C22H18ClN5O5S. The van der Waals surface area contributed by atoms with E-state index in [9.17, 15) is 14.9 Å². The van der Waals surface area contributed by atoms with Crippen LogP contribution in [0.3, 0.4) is 0 Å². The lowest BCUT2D eigenvalue weighted by Gasteiger charge is -2.08. The fourth-order valence-corrected chi connectivity index (χ4v) is 4.23. The molecule has 0 fully saturated rings. The van der Waals surface area contributed by atoms with Crippen LogP contribution >= 0.6 is 22.9 Å². The van der Waals surface area contributed by atoms with E-state index >= 15 is 0 Å². The number of thiazole rings is 1. The van der Waals surface area contributed by atoms with Gasteiger partial charge in [-0.2, -0.15) is 9.78 Å². The third-order valence-corrected chi connectivity index (χ3v) is 5.88. The first-order valence-electron chi connectivity index (χ1n) is 9.81. The molecule has 2 aromatic heterocycles. The van der Waals surface area contributed by atoms with E-state index < -0.39 is 10.8 Å². The fraction of sp³-hybridized carbons (Fsp3) is 0.136. The van der Waals surface area contributed by atoms with Crippen LogP contribution in [0, 0.1) is 17.0 Å². The largest absolute Gasteiger partial charge is 0.493 e. The first-order chi connectivity index (χ1) is 16.3. The van der Waals surface area contributed by atoms with Crippen LogP contribution in [-0.4, -0.2) is 39.8 Å². The number of aromatic nitrogens is 3. The SMILES string of the molecule is COc1ccc(-c2csc(-n3nc(C)cc3NC(=O)c3cc(Cl)ccc3[N+](=O)[O-])n2)cc1OC. The van der Waals surface area contributed by atoms with Gasteiger partial charge in [-0.3, -0.25) is 14.9 Å². The number of aryl methyl sites for hydroxylation is 1. The first-order valence-corrected chi connectivity index (χ1v) is 11.1. The van der Waals surface area contributed by atoms with Crippen molar-refractivity contribution in [3.05, 3.63) is 74.2 Å². The van der Waals surface area contributed by atoms with Gasteiger partial charge in [-0.1, -0.05) is 11.6 Å². The molecule has 34 heavy (non-hydrogen) atoms. The highest BCUT2D eigenvalue weighted by molar-refractivity contribution is 7.12. The quantitative estimate of drug-likeness (QED) is 0.276. The van der Waals surface area contributed by atoms with Crippen molar-refractivity contribution in [2.75, 3.05) is 19.5 Å². The van der Waals surface area contributed by atoms with Gasteiger partial charge >= 0.3 is 0 Å². The van der Waals surface area contributed by atoms with Gasteiger partial charge in [-0.15, -0.1) is 11.3 Å². The van der Waals surface area contributed by atoms with Crippen molar-refractivity contribution in [1.82, 2.24) is 14.8 Å². The number of nitrogens with zero attached hydrogens (tertiary/aromatic N) is 4. The number of rotatable bonds is 7. The second-order valence-corrected chi connectivity index (χ2v) is 8.31. The number of hydrogen-bond acceptors (Lipinski definition) is 8. The molecule has 2 heterocycles. The first kappa shape index (κ1) is 23.2. The number of halogens is 1. The molecule has 2 aromatic carbocycles. The molecule has 4 rings (SSSR count). The van der Waals surface area contributed by atoms with Gasteiger partial charge in [0.25, 0.3) is 11.6 Å². The summed E-state index contributed by atoms with van der Waals surface area (Å²) in [5, 5.41) is 21.0. The minimum atomic E-state index is -0.688. The van der Waals surface area contributed by atoms with Crippen LogP contribution in [-0.2, 0) is 0 Å². The predicted molar refractivity (Wildman–Crippen MR) is 129 cm³/mol. The maximum Gasteiger partial charge on any atom is 0.282 e. The highest BCUT2D eigenvalue weighted by Crippen LogP contribution is 2.34. The monoisotopic (exact) mass is 499 g/mol. The third-order valence-electron chi connectivity index (χ3n) is 4.83. The van der Waals surface area contributed by atoms with Crippen molar-refractivity contribution in [1.29, 1.82) is 0 Å². The average molecular weight is 500 g/mol. The van der Waals surface area contributed by atoms with Crippen molar-refractivity contribution in [2.45, 2.75) is 6.92 Å². The summed E-state index contributed by atoms with van der Waals surface area (Å²) in [7, 11) is 3.12. The molecule has 0 spiro atoms. The predicted octanol–water partition coefficient (Wildman–Crippen LogP) is 5.14. The molecule has 10 nitrogen and oxygen atoms in total. The number of carbonyl (C=O) groups excluding carboxylic acids is 1. The second kappa shape index (κ2) is 9.49. The number of ether oxygens (including phenoxy) is 2. The Morgan fingerprint density at radius 3 is 2.62 bits per heavy atom. The van der Waals surface area contributed by atoms with Crippen LogP contribution in [0.15, 0.2) is 47.8 Å². The molecule has 0 aliphatic rings. The molecule has 0 aliphatic heterocycles. The number of nitro benzene ring substituents is 1. The van der Waals surface area contributed by atoms with Crippen LogP contribution in [0.1, 0.15) is 16.1 Å². The number of carbonyl (C=O) groups is 1. The maximum atomic E-state index is 12.9. The average Bonchev–Trinajstić information content (AvgIpc) is 3.44. The van der Waals surface area contributed by atoms with Crippen LogP contribution < -0.4 is 14.8 Å². The standard InChI is InChI=1S/C22H18ClN5O5S/c1-12-8-20(25-21(29)15-10-14(23)5-6-17(15)28(30)31)27(26-12)22-24-16(11-34-22)13-4-7-18(32-2)19(9-13)33-3/h4-11H,1-3H3,(H,25,29). The molecule has 0 aliphatic carbocycles. The molecule has 4 aromatic rings. The van der Waals surface area contributed by atoms with Crippen molar-refractivity contribution in [2.24, 2.45) is 0 Å². The van der Waals surface area contributed by atoms with E-state index in [1.54, 1.807) is 33.3 Å². The summed E-state index contributed by atoms with van der Waals surface area (Å²) in [6.45, 7) is 1.76. The van der Waals surface area contributed by atoms with Crippen molar-refractivity contribution < 1.29 is 19.2 Å². The van der Waals surface area contributed by atoms with E-state index in [0.29, 0.717) is 33.8 Å². The summed E-state index contributed by atoms with van der Waals surface area (Å²) < 4.78 is 12.1. The molecule has 0 radical (unpaired) electrons. The van der Waals surface area contributed by atoms with Gasteiger partial charge in [0.1, 0.15) is 11.4 Å². The lowest BCUT2D eigenvalue weighted by Crippen LogP contribution is -2.16. The van der Waals surface area contributed by atoms with Crippen LogP contribution in [0.2, 0.25) is 5.02 Å². The number of nitro groups is 1. The van der Waals surface area contributed by atoms with Gasteiger partial charge in [0, 0.05) is 28.1 Å². The Bertz CT molecular complexity index is 1400. The topological polar surface area (TPSA) is 121 Å². The lowest BCUT2D eigenvalue weighted by molar-refractivity contribution is -0.385. The molecule has 0 saturated carbocycles. The van der Waals surface area contributed by atoms with Gasteiger partial charge in [-0.05, 0) is 37.3 Å². The number of benzene rings is 2. The van der Waals surface area contributed by atoms with Crippen LogP contribution in [0.25, 0.3) is 16.4 Å². The molecule has 0 bridgehead atoms. The Hall–Kier alpha value is -3.96. The van der Waals surface area contributed by atoms with Crippen molar-refractivity contribution in [3.63, 3.8) is 0 Å². The van der Waals surface area contributed by atoms with Gasteiger partial charge in [-0.25, -0.2) is 4.98 Å². The normalized spacial score (nSPS) is 10.7. The van der Waals surface area contributed by atoms with Gasteiger partial charge in [0.2, 0.25) is 5.13 Å². The maximum absolute atomic E-state index is 12.9. The number of amides is 1. The summed E-state index contributed by atoms with van der Waals surface area (Å²) in [5.74, 6) is 0.794. The Balaban J connectivity index is 1.66. The molecule has 0 atom stereocenters. The number of nitrogens with one attached hydrogen (secondary N) is 1. The Morgan fingerprint density at radius 1 is 1.15 bits per heavy atom. The zero-order valence-electron chi connectivity index (χ0n) is 18.2. The van der Waals surface area contributed by atoms with Crippen LogP contribution in [0.5, 0.6) is 11.5 Å². The van der Waals surface area contributed by atoms with Crippen molar-refractivity contribution >= 4 is 40.4 Å². The van der Waals surface area contributed by atoms with Gasteiger partial charge < -0.3 is 14.8 Å². The summed E-state index contributed by atoms with van der Waals surface area (Å²) in [5.41, 5.74) is 1.60. The van der Waals surface area contributed by atoms with Gasteiger partial charge in [0.15, 0.2) is 11.5 Å². The summed E-state index contributed by atoms with van der Waals surface area (Å²) >= 11 is 7.27. The molecule has 1 amide bonds. The van der Waals surface area contributed by atoms with Gasteiger partial charge in [0.05, 0.1) is 30.5 Å². The number of methoxy groups -OCH3 is 2. The Labute approximate surface area is 202 Å². The summed E-state index contributed by atoms with van der Waals surface area (Å²) in [6.07, 6.45) is 0. The Morgan fingerprint density at radius 2 is 1.91 bits per heavy atom. The minimum Gasteiger partial charge on any atom is -0.493 e. The highest BCUT2D eigenvalue weighted by atomic mass is 35.5. The number of anilines is 1. The van der Waals surface area contributed by atoms with E-state index in [1.807, 2.05) is 17.5 Å². The fourth-order valence-electron chi connectivity index (χ4n) is 3.26. The van der Waals surface area contributed by atoms with Crippen molar-refractivity contribution in [3.8, 4) is 27.9 Å². The van der Waals surface area contributed by atoms with E-state index in [0.717, 1.165) is 5.56 Å². The summed E-state index contributed by atoms with van der Waals surface area (Å²) in [6, 6.07) is 10.9. The minimum absolute atomic E-state index is 0.159. The van der Waals surface area contributed by atoms with E-state index in [1.165, 1.54) is 34.2 Å². The smallest absolute Gasteiger partial charge is 0.282 e. The lowest BCUT2D eigenvalue weighted by atomic mass is 10.1.